The number of carboxylic acids is 1. The van der Waals surface area contributed by atoms with Crippen LogP contribution in [0.1, 0.15) is 21.6 Å². The first-order valence-electron chi connectivity index (χ1n) is 4.64. The number of hydrogen-bond acceptors (Lipinski definition) is 3. The monoisotopic (exact) mass is 209 g/mol. The number of pyridine rings is 1. The molecule has 0 fully saturated rings. The fraction of sp³-hybridized carbons (Fsp3) is 0.400. The molecule has 1 aromatic rings. The lowest BCUT2D eigenvalue weighted by molar-refractivity contribution is 0.0691. The summed E-state index contributed by atoms with van der Waals surface area (Å²) in [4.78, 5) is 22.4. The van der Waals surface area contributed by atoms with Crippen LogP contribution in [0.25, 0.3) is 0 Å². The molecule has 5 nitrogen and oxygen atoms in total. The second kappa shape index (κ2) is 3.51. The van der Waals surface area contributed by atoms with Gasteiger partial charge in [0.05, 0.1) is 13.2 Å². The topological polar surface area (TPSA) is 68.5 Å². The quantitative estimate of drug-likeness (QED) is 0.715. The second-order valence-corrected chi connectivity index (χ2v) is 3.50. The Kier molecular flexibility index (Phi) is 2.32. The Morgan fingerprint density at radius 3 is 3.00 bits per heavy atom. The van der Waals surface area contributed by atoms with E-state index in [-0.39, 0.29) is 5.56 Å². The standard InChI is InChI=1S/C10H11NO4/c1-11-8-5-15-3-2-6(8)4-7(9(11)12)10(13)14/h4H,2-3,5H2,1H3,(H,13,14). The van der Waals surface area contributed by atoms with Gasteiger partial charge in [0.2, 0.25) is 0 Å². The van der Waals surface area contributed by atoms with Gasteiger partial charge in [0.1, 0.15) is 5.56 Å². The van der Waals surface area contributed by atoms with E-state index in [1.54, 1.807) is 7.05 Å². The van der Waals surface area contributed by atoms with Crippen LogP contribution < -0.4 is 5.56 Å². The van der Waals surface area contributed by atoms with Crippen molar-refractivity contribution >= 4 is 5.97 Å². The lowest BCUT2D eigenvalue weighted by Gasteiger charge is -2.19. The number of carbonyl (C=O) groups is 1. The Balaban J connectivity index is 2.68. The van der Waals surface area contributed by atoms with Crippen molar-refractivity contribution in [3.63, 3.8) is 0 Å². The molecule has 0 unspecified atom stereocenters. The van der Waals surface area contributed by atoms with E-state index in [2.05, 4.69) is 0 Å². The number of aromatic nitrogens is 1. The van der Waals surface area contributed by atoms with Gasteiger partial charge in [-0.1, -0.05) is 0 Å². The van der Waals surface area contributed by atoms with Crippen LogP contribution in [-0.2, 0) is 24.8 Å². The van der Waals surface area contributed by atoms with Crippen LogP contribution in [-0.4, -0.2) is 22.2 Å². The molecule has 15 heavy (non-hydrogen) atoms. The van der Waals surface area contributed by atoms with Gasteiger partial charge < -0.3 is 14.4 Å². The SMILES string of the molecule is Cn1c2c(cc(C(=O)O)c1=O)CCOC2. The molecule has 0 aromatic carbocycles. The van der Waals surface area contributed by atoms with Crippen LogP contribution in [0.15, 0.2) is 10.9 Å². The number of carboxylic acid groups (broad SMARTS) is 1. The number of nitrogens with zero attached hydrogens (tertiary/aromatic N) is 1. The van der Waals surface area contributed by atoms with Gasteiger partial charge in [0.15, 0.2) is 0 Å². The van der Waals surface area contributed by atoms with E-state index in [1.807, 2.05) is 0 Å². The average molecular weight is 209 g/mol. The zero-order valence-electron chi connectivity index (χ0n) is 8.32. The zero-order valence-corrected chi connectivity index (χ0v) is 8.32. The molecule has 1 aliphatic rings. The predicted octanol–water partition coefficient (Wildman–Crippen LogP) is 0.156. The molecule has 1 aromatic heterocycles. The maximum Gasteiger partial charge on any atom is 0.341 e. The molecule has 0 spiro atoms. The van der Waals surface area contributed by atoms with Crippen LogP contribution in [0.2, 0.25) is 0 Å². The minimum atomic E-state index is -1.18. The maximum atomic E-state index is 11.6. The smallest absolute Gasteiger partial charge is 0.341 e. The molecule has 2 heterocycles. The molecule has 0 aliphatic carbocycles. The summed E-state index contributed by atoms with van der Waals surface area (Å²) in [5.74, 6) is -1.18. The fourth-order valence-corrected chi connectivity index (χ4v) is 1.75. The van der Waals surface area contributed by atoms with Crippen molar-refractivity contribution in [1.82, 2.24) is 4.57 Å². The average Bonchev–Trinajstić information content (AvgIpc) is 2.23. The van der Waals surface area contributed by atoms with Crippen molar-refractivity contribution in [3.05, 3.63) is 33.2 Å². The molecule has 80 valence electrons. The van der Waals surface area contributed by atoms with Crippen molar-refractivity contribution in [3.8, 4) is 0 Å². The van der Waals surface area contributed by atoms with Gasteiger partial charge in [-0.15, -0.1) is 0 Å². The minimum absolute atomic E-state index is 0.168. The molecule has 1 N–H and O–H groups in total. The summed E-state index contributed by atoms with van der Waals surface area (Å²) in [5.41, 5.74) is 1.02. The van der Waals surface area contributed by atoms with Crippen LogP contribution in [0, 0.1) is 0 Å². The van der Waals surface area contributed by atoms with Crippen molar-refractivity contribution in [2.45, 2.75) is 13.0 Å². The van der Waals surface area contributed by atoms with Gasteiger partial charge in [-0.05, 0) is 18.1 Å². The van der Waals surface area contributed by atoms with Crippen LogP contribution in [0.4, 0.5) is 0 Å². The van der Waals surface area contributed by atoms with E-state index in [0.29, 0.717) is 19.6 Å². The first-order chi connectivity index (χ1) is 7.11. The third-order valence-corrected chi connectivity index (χ3v) is 2.61. The van der Waals surface area contributed by atoms with Gasteiger partial charge >= 0.3 is 5.97 Å². The van der Waals surface area contributed by atoms with Crippen LogP contribution in [0.3, 0.4) is 0 Å². The second-order valence-electron chi connectivity index (χ2n) is 3.50. The van der Waals surface area contributed by atoms with Gasteiger partial charge in [0.25, 0.3) is 5.56 Å². The first-order valence-corrected chi connectivity index (χ1v) is 4.64. The van der Waals surface area contributed by atoms with Crippen molar-refractivity contribution in [2.75, 3.05) is 6.61 Å². The Hall–Kier alpha value is -1.62. The summed E-state index contributed by atoms with van der Waals surface area (Å²) in [6.45, 7) is 0.950. The number of fused-ring (bicyclic) bond motifs is 1. The van der Waals surface area contributed by atoms with Crippen molar-refractivity contribution in [2.24, 2.45) is 7.05 Å². The molecule has 0 amide bonds. The lowest BCUT2D eigenvalue weighted by atomic mass is 10.1. The Bertz CT molecular complexity index is 475. The molecule has 1 aliphatic heterocycles. The van der Waals surface area contributed by atoms with E-state index in [1.165, 1.54) is 10.6 Å². The normalized spacial score (nSPS) is 14.7. The highest BCUT2D eigenvalue weighted by atomic mass is 16.5. The van der Waals surface area contributed by atoms with E-state index >= 15 is 0 Å². The van der Waals surface area contributed by atoms with Crippen molar-refractivity contribution < 1.29 is 14.6 Å². The Morgan fingerprint density at radius 2 is 2.33 bits per heavy atom. The molecule has 0 atom stereocenters. The van der Waals surface area contributed by atoms with Gasteiger partial charge in [-0.25, -0.2) is 4.79 Å². The number of aromatic carboxylic acids is 1. The summed E-state index contributed by atoms with van der Waals surface area (Å²) in [7, 11) is 1.57. The molecule has 0 bridgehead atoms. The van der Waals surface area contributed by atoms with Gasteiger partial charge in [-0.2, -0.15) is 0 Å². The van der Waals surface area contributed by atoms with Crippen molar-refractivity contribution in [1.29, 1.82) is 0 Å². The summed E-state index contributed by atoms with van der Waals surface area (Å²) >= 11 is 0. The number of rotatable bonds is 1. The van der Waals surface area contributed by atoms with E-state index < -0.39 is 11.5 Å². The van der Waals surface area contributed by atoms with E-state index in [4.69, 9.17) is 9.84 Å². The summed E-state index contributed by atoms with van der Waals surface area (Å²) in [6.07, 6.45) is 0.656. The van der Waals surface area contributed by atoms with E-state index in [9.17, 15) is 9.59 Å². The third kappa shape index (κ3) is 1.55. The molecule has 0 radical (unpaired) electrons. The molecule has 5 heteroatoms. The largest absolute Gasteiger partial charge is 0.477 e. The fourth-order valence-electron chi connectivity index (χ4n) is 1.75. The molecule has 2 rings (SSSR count). The van der Waals surface area contributed by atoms with Crippen LogP contribution >= 0.6 is 0 Å². The Labute approximate surface area is 85.9 Å². The summed E-state index contributed by atoms with van der Waals surface area (Å²) in [5, 5.41) is 8.85. The first kappa shape index (κ1) is 9.92. The molecular weight excluding hydrogens is 198 g/mol. The Morgan fingerprint density at radius 1 is 1.60 bits per heavy atom. The zero-order chi connectivity index (χ0) is 11.0. The molecule has 0 saturated carbocycles. The predicted molar refractivity (Wildman–Crippen MR) is 52.0 cm³/mol. The van der Waals surface area contributed by atoms with E-state index in [0.717, 1.165) is 11.3 Å². The highest BCUT2D eigenvalue weighted by molar-refractivity contribution is 5.87. The van der Waals surface area contributed by atoms with Gasteiger partial charge in [-0.3, -0.25) is 4.79 Å². The van der Waals surface area contributed by atoms with Gasteiger partial charge in [0, 0.05) is 12.7 Å². The molecule has 0 saturated heterocycles. The van der Waals surface area contributed by atoms with Crippen LogP contribution in [0.5, 0.6) is 0 Å². The number of ether oxygens (including phenoxy) is 1. The summed E-state index contributed by atoms with van der Waals surface area (Å²) < 4.78 is 6.58. The minimum Gasteiger partial charge on any atom is -0.477 e. The third-order valence-electron chi connectivity index (χ3n) is 2.61. The maximum absolute atomic E-state index is 11.6. The molecular formula is C10H11NO4. The summed E-state index contributed by atoms with van der Waals surface area (Å²) in [6, 6.07) is 1.46. The highest BCUT2D eigenvalue weighted by Gasteiger charge is 2.19. The highest BCUT2D eigenvalue weighted by Crippen LogP contribution is 2.15. The lowest BCUT2D eigenvalue weighted by Crippen LogP contribution is -2.30. The number of hydrogen-bond donors (Lipinski definition) is 1.